The van der Waals surface area contributed by atoms with Crippen LogP contribution in [0.1, 0.15) is 10.4 Å². The molecule has 0 aliphatic heterocycles. The van der Waals surface area contributed by atoms with E-state index in [1.165, 1.54) is 11.9 Å². The molecular formula is C14H12N4OS. The normalized spacial score (nSPS) is 10.7. The number of carbonyl (C=O) groups excluding carboxylic acids is 1. The SMILES string of the molecule is NSc1ccc2nc(Nc3cccc(C=O)c3)[nH]c2c1. The minimum absolute atomic E-state index is 0.618. The van der Waals surface area contributed by atoms with E-state index in [-0.39, 0.29) is 0 Å². The van der Waals surface area contributed by atoms with E-state index in [1.54, 1.807) is 12.1 Å². The molecule has 0 saturated carbocycles. The van der Waals surface area contributed by atoms with Gasteiger partial charge in [-0.05, 0) is 42.3 Å². The summed E-state index contributed by atoms with van der Waals surface area (Å²) in [6.07, 6.45) is 0.814. The highest BCUT2D eigenvalue weighted by Crippen LogP contribution is 2.22. The number of fused-ring (bicyclic) bond motifs is 1. The summed E-state index contributed by atoms with van der Waals surface area (Å²) < 4.78 is 0. The molecule has 0 aliphatic carbocycles. The van der Waals surface area contributed by atoms with Crippen molar-refractivity contribution in [1.29, 1.82) is 0 Å². The highest BCUT2D eigenvalue weighted by molar-refractivity contribution is 7.97. The topological polar surface area (TPSA) is 83.8 Å². The molecule has 1 heterocycles. The van der Waals surface area contributed by atoms with Crippen molar-refractivity contribution in [2.45, 2.75) is 4.90 Å². The second-order valence-corrected chi connectivity index (χ2v) is 4.96. The first-order valence-corrected chi connectivity index (χ1v) is 6.85. The zero-order valence-corrected chi connectivity index (χ0v) is 11.3. The molecule has 0 amide bonds. The lowest BCUT2D eigenvalue weighted by atomic mass is 10.2. The van der Waals surface area contributed by atoms with E-state index in [1.807, 2.05) is 30.3 Å². The number of imidazole rings is 1. The van der Waals surface area contributed by atoms with Gasteiger partial charge in [-0.2, -0.15) is 0 Å². The van der Waals surface area contributed by atoms with Crippen molar-refractivity contribution < 1.29 is 4.79 Å². The Bertz CT molecular complexity index is 769. The van der Waals surface area contributed by atoms with Crippen LogP contribution in [-0.4, -0.2) is 16.3 Å². The van der Waals surface area contributed by atoms with E-state index >= 15 is 0 Å². The molecule has 5 nitrogen and oxygen atoms in total. The Hall–Kier alpha value is -2.31. The summed E-state index contributed by atoms with van der Waals surface area (Å²) in [4.78, 5) is 19.3. The molecule has 0 saturated heterocycles. The summed E-state index contributed by atoms with van der Waals surface area (Å²) >= 11 is 1.19. The van der Waals surface area contributed by atoms with Crippen molar-refractivity contribution in [2.75, 3.05) is 5.32 Å². The van der Waals surface area contributed by atoms with Crippen LogP contribution in [0.15, 0.2) is 47.4 Å². The molecule has 4 N–H and O–H groups in total. The lowest BCUT2D eigenvalue weighted by molar-refractivity contribution is 0.112. The van der Waals surface area contributed by atoms with Gasteiger partial charge in [0.2, 0.25) is 5.95 Å². The first kappa shape index (κ1) is 12.7. The lowest BCUT2D eigenvalue weighted by Crippen LogP contribution is -1.93. The quantitative estimate of drug-likeness (QED) is 0.506. The summed E-state index contributed by atoms with van der Waals surface area (Å²) in [5.41, 5.74) is 3.20. The highest BCUT2D eigenvalue weighted by Gasteiger charge is 2.04. The maximum Gasteiger partial charge on any atom is 0.205 e. The summed E-state index contributed by atoms with van der Waals surface area (Å²) in [6, 6.07) is 13.0. The third-order valence-corrected chi connectivity index (χ3v) is 3.40. The molecule has 0 atom stereocenters. The van der Waals surface area contributed by atoms with Gasteiger partial charge in [0.1, 0.15) is 6.29 Å². The minimum Gasteiger partial charge on any atom is -0.326 e. The number of H-pyrrole nitrogens is 1. The van der Waals surface area contributed by atoms with Crippen LogP contribution in [0.3, 0.4) is 0 Å². The Morgan fingerprint density at radius 1 is 1.25 bits per heavy atom. The van der Waals surface area contributed by atoms with Crippen molar-refractivity contribution in [3.05, 3.63) is 48.0 Å². The highest BCUT2D eigenvalue weighted by atomic mass is 32.2. The van der Waals surface area contributed by atoms with E-state index in [9.17, 15) is 4.79 Å². The molecule has 20 heavy (non-hydrogen) atoms. The predicted molar refractivity (Wildman–Crippen MR) is 81.3 cm³/mol. The molecule has 0 unspecified atom stereocenters. The lowest BCUT2D eigenvalue weighted by Gasteiger charge is -2.02. The molecule has 0 spiro atoms. The molecule has 3 aromatic rings. The number of hydrogen-bond acceptors (Lipinski definition) is 5. The second-order valence-electron chi connectivity index (χ2n) is 4.25. The molecule has 0 bridgehead atoms. The van der Waals surface area contributed by atoms with Crippen molar-refractivity contribution in [3.8, 4) is 0 Å². The van der Waals surface area contributed by atoms with Gasteiger partial charge >= 0.3 is 0 Å². The van der Waals surface area contributed by atoms with Crippen LogP contribution in [0.4, 0.5) is 11.6 Å². The zero-order chi connectivity index (χ0) is 13.9. The van der Waals surface area contributed by atoms with Gasteiger partial charge in [0, 0.05) is 16.1 Å². The smallest absolute Gasteiger partial charge is 0.205 e. The number of aromatic amines is 1. The summed E-state index contributed by atoms with van der Waals surface area (Å²) in [5, 5.41) is 8.68. The van der Waals surface area contributed by atoms with Crippen molar-refractivity contribution in [2.24, 2.45) is 5.14 Å². The number of rotatable bonds is 4. The molecule has 0 aliphatic rings. The van der Waals surface area contributed by atoms with Crippen LogP contribution in [0, 0.1) is 0 Å². The monoisotopic (exact) mass is 284 g/mol. The number of nitrogens with one attached hydrogen (secondary N) is 2. The van der Waals surface area contributed by atoms with E-state index in [4.69, 9.17) is 5.14 Å². The summed E-state index contributed by atoms with van der Waals surface area (Å²) in [6.45, 7) is 0. The molecule has 6 heteroatoms. The fourth-order valence-electron chi connectivity index (χ4n) is 1.95. The summed E-state index contributed by atoms with van der Waals surface area (Å²) in [5.74, 6) is 0.627. The van der Waals surface area contributed by atoms with Gasteiger partial charge in [-0.15, -0.1) is 0 Å². The molecule has 2 aromatic carbocycles. The Morgan fingerprint density at radius 2 is 2.15 bits per heavy atom. The van der Waals surface area contributed by atoms with Gasteiger partial charge in [-0.25, -0.2) is 4.98 Å². The van der Waals surface area contributed by atoms with Crippen molar-refractivity contribution in [3.63, 3.8) is 0 Å². The molecule has 0 fully saturated rings. The van der Waals surface area contributed by atoms with Crippen LogP contribution in [0.25, 0.3) is 11.0 Å². The second kappa shape index (κ2) is 5.36. The number of nitrogens with two attached hydrogens (primary N) is 1. The van der Waals surface area contributed by atoms with E-state index in [2.05, 4.69) is 15.3 Å². The third-order valence-electron chi connectivity index (χ3n) is 2.87. The number of benzene rings is 2. The predicted octanol–water partition coefficient (Wildman–Crippen LogP) is 3.08. The van der Waals surface area contributed by atoms with Gasteiger partial charge in [0.25, 0.3) is 0 Å². The molecule has 0 radical (unpaired) electrons. The van der Waals surface area contributed by atoms with E-state index < -0.39 is 0 Å². The zero-order valence-electron chi connectivity index (χ0n) is 10.5. The number of anilines is 2. The van der Waals surface area contributed by atoms with Crippen LogP contribution in [0.2, 0.25) is 0 Å². The molecular weight excluding hydrogens is 272 g/mol. The van der Waals surface area contributed by atoms with Gasteiger partial charge in [-0.1, -0.05) is 12.1 Å². The van der Waals surface area contributed by atoms with Crippen molar-refractivity contribution in [1.82, 2.24) is 9.97 Å². The Balaban J connectivity index is 1.92. The number of carbonyl (C=O) groups is 1. The standard InChI is InChI=1S/C14H12N4OS/c15-20-11-4-5-12-13(7-11)18-14(17-12)16-10-3-1-2-9(6-10)8-19/h1-8H,15H2,(H2,16,17,18). The van der Waals surface area contributed by atoms with E-state index in [0.29, 0.717) is 11.5 Å². The van der Waals surface area contributed by atoms with Crippen molar-refractivity contribution >= 4 is 40.9 Å². The number of aromatic nitrogens is 2. The largest absolute Gasteiger partial charge is 0.326 e. The fraction of sp³-hybridized carbons (Fsp3) is 0. The van der Waals surface area contributed by atoms with Crippen LogP contribution in [0.5, 0.6) is 0 Å². The first-order valence-electron chi connectivity index (χ1n) is 5.97. The minimum atomic E-state index is 0.618. The number of aldehydes is 1. The molecule has 100 valence electrons. The van der Waals surface area contributed by atoms with Gasteiger partial charge in [0.15, 0.2) is 0 Å². The fourth-order valence-corrected chi connectivity index (χ4v) is 2.28. The Morgan fingerprint density at radius 3 is 2.95 bits per heavy atom. The first-order chi connectivity index (χ1) is 9.78. The van der Waals surface area contributed by atoms with Crippen LogP contribution < -0.4 is 10.5 Å². The Kier molecular flexibility index (Phi) is 3.41. The van der Waals surface area contributed by atoms with Crippen LogP contribution in [-0.2, 0) is 0 Å². The maximum atomic E-state index is 10.8. The third kappa shape index (κ3) is 2.52. The summed E-state index contributed by atoms with van der Waals surface area (Å²) in [7, 11) is 0. The molecule has 1 aromatic heterocycles. The number of hydrogen-bond donors (Lipinski definition) is 3. The van der Waals surface area contributed by atoms with E-state index in [0.717, 1.165) is 27.9 Å². The van der Waals surface area contributed by atoms with Gasteiger partial charge < -0.3 is 10.3 Å². The number of nitrogens with zero attached hydrogens (tertiary/aromatic N) is 1. The average Bonchev–Trinajstić information content (AvgIpc) is 2.88. The average molecular weight is 284 g/mol. The molecule has 3 rings (SSSR count). The Labute approximate surface area is 119 Å². The van der Waals surface area contributed by atoms with Crippen LogP contribution >= 0.6 is 11.9 Å². The van der Waals surface area contributed by atoms with Gasteiger partial charge in [0.05, 0.1) is 11.0 Å². The van der Waals surface area contributed by atoms with Gasteiger partial charge in [-0.3, -0.25) is 9.93 Å². The maximum absolute atomic E-state index is 10.8.